The Balaban J connectivity index is 2.61. The SMILES string of the molecule is CN(CCO)c1nc2ccccn2c1C(=O)O. The maximum Gasteiger partial charge on any atom is 0.356 e. The Morgan fingerprint density at radius 2 is 2.29 bits per heavy atom. The molecular formula is C11H13N3O3. The highest BCUT2D eigenvalue weighted by Crippen LogP contribution is 2.20. The number of hydrogen-bond donors (Lipinski definition) is 2. The second kappa shape index (κ2) is 4.42. The van der Waals surface area contributed by atoms with Gasteiger partial charge in [0.05, 0.1) is 6.61 Å². The van der Waals surface area contributed by atoms with E-state index in [-0.39, 0.29) is 12.3 Å². The zero-order chi connectivity index (χ0) is 12.4. The average molecular weight is 235 g/mol. The quantitative estimate of drug-likeness (QED) is 0.805. The lowest BCUT2D eigenvalue weighted by Crippen LogP contribution is -2.23. The summed E-state index contributed by atoms with van der Waals surface area (Å²) >= 11 is 0. The molecule has 2 N–H and O–H groups in total. The topological polar surface area (TPSA) is 78.1 Å². The van der Waals surface area contributed by atoms with Crippen molar-refractivity contribution >= 4 is 17.4 Å². The van der Waals surface area contributed by atoms with Crippen molar-refractivity contribution in [3.8, 4) is 0 Å². The van der Waals surface area contributed by atoms with Crippen LogP contribution in [0.15, 0.2) is 24.4 Å². The highest BCUT2D eigenvalue weighted by atomic mass is 16.4. The molecule has 0 saturated heterocycles. The Hall–Kier alpha value is -2.08. The first-order valence-corrected chi connectivity index (χ1v) is 5.17. The minimum Gasteiger partial charge on any atom is -0.476 e. The average Bonchev–Trinajstić information content (AvgIpc) is 2.68. The first-order valence-electron chi connectivity index (χ1n) is 5.17. The molecule has 6 nitrogen and oxygen atoms in total. The molecule has 0 aliphatic carbocycles. The molecule has 0 saturated carbocycles. The van der Waals surface area contributed by atoms with E-state index in [1.165, 1.54) is 4.40 Å². The number of carboxylic acid groups (broad SMARTS) is 1. The number of nitrogens with zero attached hydrogens (tertiary/aromatic N) is 3. The normalized spacial score (nSPS) is 10.7. The van der Waals surface area contributed by atoms with E-state index in [0.29, 0.717) is 18.0 Å². The number of pyridine rings is 1. The molecule has 2 aromatic heterocycles. The van der Waals surface area contributed by atoms with Crippen LogP contribution in [0.3, 0.4) is 0 Å². The van der Waals surface area contributed by atoms with E-state index in [1.54, 1.807) is 36.3 Å². The molecular weight excluding hydrogens is 222 g/mol. The smallest absolute Gasteiger partial charge is 0.356 e. The third-order valence-electron chi connectivity index (χ3n) is 2.51. The maximum absolute atomic E-state index is 11.3. The molecule has 0 amide bonds. The van der Waals surface area contributed by atoms with Gasteiger partial charge in [-0.05, 0) is 12.1 Å². The van der Waals surface area contributed by atoms with Crippen LogP contribution in [0.1, 0.15) is 10.5 Å². The first-order chi connectivity index (χ1) is 8.15. The lowest BCUT2D eigenvalue weighted by molar-refractivity contribution is 0.0690. The molecule has 0 aliphatic rings. The van der Waals surface area contributed by atoms with Crippen LogP contribution in [0, 0.1) is 0 Å². The van der Waals surface area contributed by atoms with Gasteiger partial charge in [0.2, 0.25) is 0 Å². The molecule has 6 heteroatoms. The van der Waals surface area contributed by atoms with Crippen molar-refractivity contribution in [2.75, 3.05) is 25.1 Å². The molecule has 0 atom stereocenters. The molecule has 0 bridgehead atoms. The van der Waals surface area contributed by atoms with E-state index in [1.807, 2.05) is 0 Å². The highest BCUT2D eigenvalue weighted by Gasteiger charge is 2.20. The summed E-state index contributed by atoms with van der Waals surface area (Å²) in [5, 5.41) is 18.1. The minimum absolute atomic E-state index is 0.0522. The Morgan fingerprint density at radius 3 is 2.94 bits per heavy atom. The molecule has 0 unspecified atom stereocenters. The van der Waals surface area contributed by atoms with E-state index in [2.05, 4.69) is 4.98 Å². The van der Waals surface area contributed by atoms with Crippen molar-refractivity contribution in [2.45, 2.75) is 0 Å². The van der Waals surface area contributed by atoms with E-state index < -0.39 is 5.97 Å². The van der Waals surface area contributed by atoms with Crippen molar-refractivity contribution in [3.63, 3.8) is 0 Å². The van der Waals surface area contributed by atoms with Crippen LogP contribution in [-0.4, -0.2) is 45.8 Å². The fraction of sp³-hybridized carbons (Fsp3) is 0.273. The van der Waals surface area contributed by atoms with Crippen LogP contribution in [0.4, 0.5) is 5.82 Å². The Labute approximate surface area is 97.7 Å². The second-order valence-corrected chi connectivity index (χ2v) is 3.66. The third kappa shape index (κ3) is 1.94. The second-order valence-electron chi connectivity index (χ2n) is 3.66. The number of aliphatic hydroxyl groups excluding tert-OH is 1. The van der Waals surface area contributed by atoms with Crippen molar-refractivity contribution in [3.05, 3.63) is 30.1 Å². The Kier molecular flexibility index (Phi) is 2.97. The lowest BCUT2D eigenvalue weighted by atomic mass is 10.4. The fourth-order valence-electron chi connectivity index (χ4n) is 1.70. The van der Waals surface area contributed by atoms with Gasteiger partial charge in [-0.1, -0.05) is 6.07 Å². The number of aromatic carboxylic acids is 1. The number of carboxylic acids is 1. The number of fused-ring (bicyclic) bond motifs is 1. The van der Waals surface area contributed by atoms with Gasteiger partial charge < -0.3 is 15.1 Å². The highest BCUT2D eigenvalue weighted by molar-refractivity contribution is 5.93. The van der Waals surface area contributed by atoms with Crippen molar-refractivity contribution < 1.29 is 15.0 Å². The van der Waals surface area contributed by atoms with Crippen molar-refractivity contribution in [2.24, 2.45) is 0 Å². The van der Waals surface area contributed by atoms with Crippen molar-refractivity contribution in [1.29, 1.82) is 0 Å². The number of hydrogen-bond acceptors (Lipinski definition) is 4. The van der Waals surface area contributed by atoms with Gasteiger partial charge in [0, 0.05) is 19.8 Å². The molecule has 90 valence electrons. The van der Waals surface area contributed by atoms with Gasteiger partial charge in [0.25, 0.3) is 0 Å². The summed E-state index contributed by atoms with van der Waals surface area (Å²) < 4.78 is 1.52. The largest absolute Gasteiger partial charge is 0.476 e. The third-order valence-corrected chi connectivity index (χ3v) is 2.51. The van der Waals surface area contributed by atoms with Crippen LogP contribution in [0.2, 0.25) is 0 Å². The number of aromatic nitrogens is 2. The van der Waals surface area contributed by atoms with Gasteiger partial charge in [-0.25, -0.2) is 9.78 Å². The monoisotopic (exact) mass is 235 g/mol. The van der Waals surface area contributed by atoms with Gasteiger partial charge in [0.1, 0.15) is 5.65 Å². The Morgan fingerprint density at radius 1 is 1.53 bits per heavy atom. The van der Waals surface area contributed by atoms with Crippen LogP contribution < -0.4 is 4.90 Å². The molecule has 2 heterocycles. The lowest BCUT2D eigenvalue weighted by Gasteiger charge is -2.15. The fourth-order valence-corrected chi connectivity index (χ4v) is 1.70. The summed E-state index contributed by atoms with van der Waals surface area (Å²) in [6.07, 6.45) is 1.65. The summed E-state index contributed by atoms with van der Waals surface area (Å²) in [6.45, 7) is 0.285. The van der Waals surface area contributed by atoms with Gasteiger partial charge in [-0.15, -0.1) is 0 Å². The Bertz CT molecular complexity index is 550. The number of rotatable bonds is 4. The molecule has 2 rings (SSSR count). The number of carbonyl (C=O) groups is 1. The molecule has 17 heavy (non-hydrogen) atoms. The molecule has 2 aromatic rings. The summed E-state index contributed by atoms with van der Waals surface area (Å²) in [5.41, 5.74) is 0.682. The molecule has 0 aromatic carbocycles. The standard InChI is InChI=1S/C11H13N3O3/c1-13(6-7-15)10-9(11(16)17)14-5-3-2-4-8(14)12-10/h2-5,15H,6-7H2,1H3,(H,16,17). The van der Waals surface area contributed by atoms with E-state index in [0.717, 1.165) is 0 Å². The number of likely N-dealkylation sites (N-methyl/N-ethyl adjacent to an activating group) is 1. The van der Waals surface area contributed by atoms with Crippen LogP contribution in [0.25, 0.3) is 5.65 Å². The summed E-state index contributed by atoms with van der Waals surface area (Å²) in [7, 11) is 1.70. The van der Waals surface area contributed by atoms with Gasteiger partial charge in [0.15, 0.2) is 11.5 Å². The van der Waals surface area contributed by atoms with E-state index >= 15 is 0 Å². The molecule has 0 aliphatic heterocycles. The first kappa shape index (κ1) is 11.4. The maximum atomic E-state index is 11.3. The summed E-state index contributed by atoms with van der Waals surface area (Å²) in [6, 6.07) is 5.28. The van der Waals surface area contributed by atoms with Crippen LogP contribution in [-0.2, 0) is 0 Å². The van der Waals surface area contributed by atoms with Crippen molar-refractivity contribution in [1.82, 2.24) is 9.38 Å². The zero-order valence-corrected chi connectivity index (χ0v) is 9.37. The van der Waals surface area contributed by atoms with Gasteiger partial charge >= 0.3 is 5.97 Å². The van der Waals surface area contributed by atoms with Gasteiger partial charge in [-0.3, -0.25) is 4.40 Å². The van der Waals surface area contributed by atoms with E-state index in [4.69, 9.17) is 5.11 Å². The zero-order valence-electron chi connectivity index (χ0n) is 9.37. The minimum atomic E-state index is -1.04. The predicted molar refractivity (Wildman–Crippen MR) is 62.5 cm³/mol. The van der Waals surface area contributed by atoms with Crippen LogP contribution in [0.5, 0.6) is 0 Å². The molecule has 0 radical (unpaired) electrons. The number of imidazole rings is 1. The van der Waals surface area contributed by atoms with Crippen LogP contribution >= 0.6 is 0 Å². The summed E-state index contributed by atoms with van der Waals surface area (Å²) in [4.78, 5) is 17.1. The number of aliphatic hydroxyl groups is 1. The predicted octanol–water partition coefficient (Wildman–Crippen LogP) is 0.461. The molecule has 0 fully saturated rings. The van der Waals surface area contributed by atoms with E-state index in [9.17, 15) is 9.90 Å². The number of anilines is 1. The van der Waals surface area contributed by atoms with Gasteiger partial charge in [-0.2, -0.15) is 0 Å². The summed E-state index contributed by atoms with van der Waals surface area (Å²) in [5.74, 6) is -0.679. The molecule has 0 spiro atoms.